The molecule has 18 heavy (non-hydrogen) atoms. The molecule has 3 aromatic rings. The van der Waals surface area contributed by atoms with Crippen molar-refractivity contribution in [1.82, 2.24) is 19.9 Å². The molecule has 3 heterocycles. The normalized spacial score (nSPS) is 11.0. The molecule has 0 aromatic carbocycles. The summed E-state index contributed by atoms with van der Waals surface area (Å²) in [6.45, 7) is 1.84. The monoisotopic (exact) mass is 304 g/mol. The fourth-order valence-corrected chi connectivity index (χ4v) is 2.09. The van der Waals surface area contributed by atoms with E-state index in [-0.39, 0.29) is 5.43 Å². The Hall–Kier alpha value is -1.95. The average molecular weight is 305 g/mol. The Kier molecular flexibility index (Phi) is 2.52. The highest BCUT2D eigenvalue weighted by atomic mass is 79.9. The third kappa shape index (κ3) is 1.84. The van der Waals surface area contributed by atoms with Gasteiger partial charge in [0.05, 0.1) is 11.1 Å². The Morgan fingerprint density at radius 1 is 1.33 bits per heavy atom. The third-order valence-corrected chi connectivity index (χ3v) is 3.05. The molecule has 0 unspecified atom stereocenters. The summed E-state index contributed by atoms with van der Waals surface area (Å²) >= 11 is 3.34. The topological polar surface area (TPSA) is 74.4 Å². The number of nitrogens with zero attached hydrogens (tertiary/aromatic N) is 2. The second-order valence-corrected chi connectivity index (χ2v) is 4.92. The lowest BCUT2D eigenvalue weighted by atomic mass is 10.2. The molecular formula is C12H9BrN4O. The van der Waals surface area contributed by atoms with Crippen molar-refractivity contribution in [2.75, 3.05) is 0 Å². The second kappa shape index (κ2) is 4.06. The Morgan fingerprint density at radius 3 is 2.94 bits per heavy atom. The van der Waals surface area contributed by atoms with Crippen molar-refractivity contribution in [3.8, 4) is 11.4 Å². The molecule has 3 rings (SSSR count). The fourth-order valence-electron chi connectivity index (χ4n) is 1.76. The summed E-state index contributed by atoms with van der Waals surface area (Å²) < 4.78 is 0.864. The van der Waals surface area contributed by atoms with Crippen molar-refractivity contribution in [1.29, 1.82) is 0 Å². The van der Waals surface area contributed by atoms with Gasteiger partial charge in [0.1, 0.15) is 5.82 Å². The number of nitrogens with one attached hydrogen (secondary N) is 2. The van der Waals surface area contributed by atoms with Crippen LogP contribution in [-0.4, -0.2) is 19.9 Å². The van der Waals surface area contributed by atoms with Gasteiger partial charge in [-0.2, -0.15) is 0 Å². The van der Waals surface area contributed by atoms with Gasteiger partial charge in [-0.05, 0) is 28.9 Å². The van der Waals surface area contributed by atoms with Crippen molar-refractivity contribution >= 4 is 27.1 Å². The predicted molar refractivity (Wildman–Crippen MR) is 72.4 cm³/mol. The van der Waals surface area contributed by atoms with Gasteiger partial charge in [-0.1, -0.05) is 0 Å². The van der Waals surface area contributed by atoms with E-state index in [0.29, 0.717) is 17.0 Å². The number of aromatic amines is 2. The summed E-state index contributed by atoms with van der Waals surface area (Å²) in [7, 11) is 0. The maximum atomic E-state index is 11.9. The molecule has 5 nitrogen and oxygen atoms in total. The van der Waals surface area contributed by atoms with Gasteiger partial charge in [-0.25, -0.2) is 9.97 Å². The maximum Gasteiger partial charge on any atom is 0.192 e. The van der Waals surface area contributed by atoms with E-state index in [9.17, 15) is 4.79 Å². The number of hydrogen-bond acceptors (Lipinski definition) is 3. The van der Waals surface area contributed by atoms with Gasteiger partial charge in [-0.3, -0.25) is 4.79 Å². The molecule has 0 amide bonds. The summed E-state index contributed by atoms with van der Waals surface area (Å²) in [6, 6.07) is 3.42. The highest BCUT2D eigenvalue weighted by Crippen LogP contribution is 2.19. The second-order valence-electron chi connectivity index (χ2n) is 4.00. The van der Waals surface area contributed by atoms with E-state index in [1.54, 1.807) is 18.5 Å². The molecular weight excluding hydrogens is 296 g/mol. The summed E-state index contributed by atoms with van der Waals surface area (Å²) in [6.07, 6.45) is 3.33. The summed E-state index contributed by atoms with van der Waals surface area (Å²) in [4.78, 5) is 26.4. The first kappa shape index (κ1) is 11.2. The minimum atomic E-state index is -0.0654. The Bertz CT molecular complexity index is 790. The van der Waals surface area contributed by atoms with Crippen molar-refractivity contribution in [3.05, 3.63) is 44.9 Å². The van der Waals surface area contributed by atoms with E-state index in [1.165, 1.54) is 0 Å². The van der Waals surface area contributed by atoms with Gasteiger partial charge in [0.25, 0.3) is 0 Å². The van der Waals surface area contributed by atoms with E-state index in [2.05, 4.69) is 35.9 Å². The van der Waals surface area contributed by atoms with Crippen LogP contribution in [0.5, 0.6) is 0 Å². The average Bonchev–Trinajstić information content (AvgIpc) is 2.71. The minimum Gasteiger partial charge on any atom is -0.364 e. The third-order valence-electron chi connectivity index (χ3n) is 2.62. The van der Waals surface area contributed by atoms with E-state index in [4.69, 9.17) is 0 Å². The number of halogens is 1. The highest BCUT2D eigenvalue weighted by Gasteiger charge is 2.09. The van der Waals surface area contributed by atoms with Crippen LogP contribution in [0.4, 0.5) is 0 Å². The zero-order valence-corrected chi connectivity index (χ0v) is 11.1. The van der Waals surface area contributed by atoms with Crippen LogP contribution < -0.4 is 5.43 Å². The molecule has 0 aliphatic heterocycles. The number of pyridine rings is 2. The zero-order chi connectivity index (χ0) is 12.7. The Balaban J connectivity index is 2.22. The zero-order valence-electron chi connectivity index (χ0n) is 9.49. The predicted octanol–water partition coefficient (Wildman–Crippen LogP) is 2.38. The Morgan fingerprint density at radius 2 is 2.17 bits per heavy atom. The van der Waals surface area contributed by atoms with Crippen LogP contribution in [0.25, 0.3) is 22.6 Å². The molecule has 0 fully saturated rings. The van der Waals surface area contributed by atoms with Gasteiger partial charge in [0, 0.05) is 28.6 Å². The number of rotatable bonds is 1. The lowest BCUT2D eigenvalue weighted by molar-refractivity contribution is 1.17. The molecule has 2 N–H and O–H groups in total. The van der Waals surface area contributed by atoms with Crippen molar-refractivity contribution < 1.29 is 0 Å². The van der Waals surface area contributed by atoms with Crippen molar-refractivity contribution in [2.24, 2.45) is 0 Å². The van der Waals surface area contributed by atoms with Crippen molar-refractivity contribution in [3.63, 3.8) is 0 Å². The largest absolute Gasteiger partial charge is 0.364 e. The molecule has 90 valence electrons. The standard InChI is InChI=1S/C12H9BrN4O/c1-6-2-10(18)8(5-14-6)11-16-9-3-7(13)4-15-12(9)17-11/h2-5H,1H3,(H,14,18)(H,15,16,17). The maximum absolute atomic E-state index is 11.9. The van der Waals surface area contributed by atoms with Gasteiger partial charge in [0.15, 0.2) is 11.1 Å². The first-order chi connectivity index (χ1) is 8.63. The van der Waals surface area contributed by atoms with Gasteiger partial charge < -0.3 is 9.97 Å². The Labute approximate surface area is 110 Å². The molecule has 0 saturated carbocycles. The van der Waals surface area contributed by atoms with E-state index >= 15 is 0 Å². The number of fused-ring (bicyclic) bond motifs is 1. The quantitative estimate of drug-likeness (QED) is 0.725. The van der Waals surface area contributed by atoms with Gasteiger partial charge in [-0.15, -0.1) is 0 Å². The van der Waals surface area contributed by atoms with E-state index < -0.39 is 0 Å². The number of aromatic nitrogens is 4. The van der Waals surface area contributed by atoms with Crippen LogP contribution in [0, 0.1) is 6.92 Å². The summed E-state index contributed by atoms with van der Waals surface area (Å²) in [5, 5.41) is 0. The van der Waals surface area contributed by atoms with Gasteiger partial charge >= 0.3 is 0 Å². The summed E-state index contributed by atoms with van der Waals surface area (Å²) in [5.74, 6) is 0.525. The molecule has 0 bridgehead atoms. The number of imidazole rings is 1. The number of H-pyrrole nitrogens is 2. The lowest BCUT2D eigenvalue weighted by Gasteiger charge is -1.96. The van der Waals surface area contributed by atoms with Crippen molar-refractivity contribution in [2.45, 2.75) is 6.92 Å². The van der Waals surface area contributed by atoms with Crippen LogP contribution in [-0.2, 0) is 0 Å². The highest BCUT2D eigenvalue weighted by molar-refractivity contribution is 9.10. The number of hydrogen-bond donors (Lipinski definition) is 2. The van der Waals surface area contributed by atoms with E-state index in [1.807, 2.05) is 13.0 Å². The van der Waals surface area contributed by atoms with Crippen LogP contribution >= 0.6 is 15.9 Å². The molecule has 3 aromatic heterocycles. The fraction of sp³-hybridized carbons (Fsp3) is 0.0833. The van der Waals surface area contributed by atoms with Crippen LogP contribution in [0.3, 0.4) is 0 Å². The molecule has 0 aliphatic carbocycles. The summed E-state index contributed by atoms with van der Waals surface area (Å²) in [5.41, 5.74) is 2.65. The first-order valence-corrected chi connectivity index (χ1v) is 6.14. The molecule has 0 radical (unpaired) electrons. The van der Waals surface area contributed by atoms with Crippen LogP contribution in [0.2, 0.25) is 0 Å². The van der Waals surface area contributed by atoms with E-state index in [0.717, 1.165) is 15.7 Å². The van der Waals surface area contributed by atoms with Gasteiger partial charge in [0.2, 0.25) is 0 Å². The molecule has 0 saturated heterocycles. The molecule has 6 heteroatoms. The van der Waals surface area contributed by atoms with Crippen LogP contribution in [0.1, 0.15) is 5.69 Å². The molecule has 0 spiro atoms. The first-order valence-electron chi connectivity index (χ1n) is 5.34. The lowest BCUT2D eigenvalue weighted by Crippen LogP contribution is -2.05. The van der Waals surface area contributed by atoms with Crippen LogP contribution in [0.15, 0.2) is 33.8 Å². The molecule has 0 aliphatic rings. The molecule has 0 atom stereocenters. The minimum absolute atomic E-state index is 0.0654. The number of aryl methyl sites for hydroxylation is 1. The SMILES string of the molecule is Cc1cc(=O)c(-c2nc3ncc(Br)cc3[nH]2)c[nH]1. The smallest absolute Gasteiger partial charge is 0.192 e.